The quantitative estimate of drug-likeness (QED) is 0.581. The number of carbonyl (C=O) groups excluding carboxylic acids is 2. The zero-order chi connectivity index (χ0) is 16.8. The van der Waals surface area contributed by atoms with E-state index in [0.29, 0.717) is 31.6 Å². The Hall–Kier alpha value is -1.82. The maximum atomic E-state index is 12.2. The number of aromatic nitrogens is 1. The van der Waals surface area contributed by atoms with Crippen molar-refractivity contribution in [3.63, 3.8) is 0 Å². The average Bonchev–Trinajstić information content (AvgIpc) is 2.91. The van der Waals surface area contributed by atoms with Crippen LogP contribution in [0.3, 0.4) is 0 Å². The van der Waals surface area contributed by atoms with Gasteiger partial charge in [0.1, 0.15) is 5.69 Å². The van der Waals surface area contributed by atoms with Crippen LogP contribution >= 0.6 is 15.9 Å². The molecular weight excluding hydrogens is 362 g/mol. The van der Waals surface area contributed by atoms with Gasteiger partial charge < -0.3 is 14.5 Å². The maximum absolute atomic E-state index is 12.2. The number of fused-ring (bicyclic) bond motifs is 1. The molecular formula is C17H20BrNO4. The van der Waals surface area contributed by atoms with E-state index in [-0.39, 0.29) is 11.9 Å². The zero-order valence-corrected chi connectivity index (χ0v) is 14.9. The molecule has 0 radical (unpaired) electrons. The summed E-state index contributed by atoms with van der Waals surface area (Å²) in [6, 6.07) is 5.79. The number of rotatable bonds is 7. The monoisotopic (exact) mass is 381 g/mol. The number of carbonyl (C=O) groups is 2. The highest BCUT2D eigenvalue weighted by Gasteiger charge is 2.20. The van der Waals surface area contributed by atoms with Crippen LogP contribution in [0.2, 0.25) is 0 Å². The van der Waals surface area contributed by atoms with E-state index in [9.17, 15) is 9.59 Å². The lowest BCUT2D eigenvalue weighted by Gasteiger charge is -2.05. The second-order valence-electron chi connectivity index (χ2n) is 5.14. The molecule has 5 nitrogen and oxygen atoms in total. The van der Waals surface area contributed by atoms with Crippen LogP contribution in [-0.4, -0.2) is 30.6 Å². The number of benzene rings is 1. The van der Waals surface area contributed by atoms with Crippen molar-refractivity contribution >= 4 is 38.8 Å². The van der Waals surface area contributed by atoms with Gasteiger partial charge in [-0.15, -0.1) is 0 Å². The molecule has 2 aromatic rings. The highest BCUT2D eigenvalue weighted by molar-refractivity contribution is 9.10. The Balaban J connectivity index is 2.25. The van der Waals surface area contributed by atoms with E-state index in [1.807, 2.05) is 18.2 Å². The summed E-state index contributed by atoms with van der Waals surface area (Å²) in [5, 5.41) is 0.994. The minimum Gasteiger partial charge on any atom is -0.469 e. The first kappa shape index (κ1) is 17.5. The summed E-state index contributed by atoms with van der Waals surface area (Å²) in [5.74, 6) is -0.561. The molecule has 0 aliphatic carbocycles. The molecule has 0 saturated heterocycles. The number of nitrogens with one attached hydrogen (secondary N) is 1. The van der Waals surface area contributed by atoms with E-state index >= 15 is 0 Å². The average molecular weight is 382 g/mol. The molecule has 1 heterocycles. The molecule has 1 aromatic heterocycles. The van der Waals surface area contributed by atoms with Crippen LogP contribution in [0.15, 0.2) is 22.7 Å². The first-order chi connectivity index (χ1) is 11.1. The Morgan fingerprint density at radius 2 is 2.04 bits per heavy atom. The highest BCUT2D eigenvalue weighted by Crippen LogP contribution is 2.31. The third-order valence-electron chi connectivity index (χ3n) is 3.64. The van der Waals surface area contributed by atoms with Gasteiger partial charge in [-0.25, -0.2) is 4.79 Å². The summed E-state index contributed by atoms with van der Waals surface area (Å²) >= 11 is 3.55. The summed E-state index contributed by atoms with van der Waals surface area (Å²) in [4.78, 5) is 26.5. The van der Waals surface area contributed by atoms with Crippen LogP contribution in [0.25, 0.3) is 10.9 Å². The topological polar surface area (TPSA) is 68.4 Å². The predicted molar refractivity (Wildman–Crippen MR) is 91.5 cm³/mol. The Bertz CT molecular complexity index is 708. The molecule has 0 spiro atoms. The lowest BCUT2D eigenvalue weighted by Crippen LogP contribution is -2.08. The van der Waals surface area contributed by atoms with Gasteiger partial charge in [0, 0.05) is 21.8 Å². The van der Waals surface area contributed by atoms with E-state index in [1.54, 1.807) is 6.92 Å². The summed E-state index contributed by atoms with van der Waals surface area (Å²) < 4.78 is 10.7. The molecule has 0 bridgehead atoms. The van der Waals surface area contributed by atoms with Gasteiger partial charge in [-0.2, -0.15) is 0 Å². The standard InChI is InChI=1S/C17H20BrNO4/c1-3-23-17(21)16-11(7-4-5-10-14(20)22-2)15-12(18)8-6-9-13(15)19-16/h6,8-9,19H,3-5,7,10H2,1-2H3. The number of aromatic amines is 1. The highest BCUT2D eigenvalue weighted by atomic mass is 79.9. The van der Waals surface area contributed by atoms with E-state index in [4.69, 9.17) is 4.74 Å². The van der Waals surface area contributed by atoms with Crippen molar-refractivity contribution in [2.45, 2.75) is 32.6 Å². The van der Waals surface area contributed by atoms with Gasteiger partial charge in [0.2, 0.25) is 0 Å². The molecule has 0 amide bonds. The molecule has 1 aromatic carbocycles. The van der Waals surface area contributed by atoms with Crippen LogP contribution in [-0.2, 0) is 20.7 Å². The van der Waals surface area contributed by atoms with Gasteiger partial charge in [-0.3, -0.25) is 4.79 Å². The zero-order valence-electron chi connectivity index (χ0n) is 13.3. The summed E-state index contributed by atoms with van der Waals surface area (Å²) in [6.45, 7) is 2.11. The summed E-state index contributed by atoms with van der Waals surface area (Å²) in [6.07, 6.45) is 2.57. The number of hydrogen-bond donors (Lipinski definition) is 1. The third kappa shape index (κ3) is 4.13. The minimum atomic E-state index is -0.349. The number of H-pyrrole nitrogens is 1. The van der Waals surface area contributed by atoms with Crippen LogP contribution in [0.1, 0.15) is 42.2 Å². The van der Waals surface area contributed by atoms with E-state index in [1.165, 1.54) is 7.11 Å². The fraction of sp³-hybridized carbons (Fsp3) is 0.412. The number of methoxy groups -OCH3 is 1. The Labute approximate surface area is 143 Å². The molecule has 6 heteroatoms. The van der Waals surface area contributed by atoms with Crippen molar-refractivity contribution in [3.05, 3.63) is 33.9 Å². The minimum absolute atomic E-state index is 0.212. The first-order valence-corrected chi connectivity index (χ1v) is 8.40. The van der Waals surface area contributed by atoms with Crippen molar-refractivity contribution < 1.29 is 19.1 Å². The van der Waals surface area contributed by atoms with Gasteiger partial charge in [-0.1, -0.05) is 22.0 Å². The van der Waals surface area contributed by atoms with E-state index in [2.05, 4.69) is 25.7 Å². The summed E-state index contributed by atoms with van der Waals surface area (Å²) in [7, 11) is 1.39. The molecule has 23 heavy (non-hydrogen) atoms. The van der Waals surface area contributed by atoms with Crippen molar-refractivity contribution in [1.29, 1.82) is 0 Å². The van der Waals surface area contributed by atoms with Crippen LogP contribution < -0.4 is 0 Å². The molecule has 1 N–H and O–H groups in total. The maximum Gasteiger partial charge on any atom is 0.355 e. The predicted octanol–water partition coefficient (Wildman–Crippen LogP) is 3.99. The Kier molecular flexibility index (Phi) is 6.21. The second kappa shape index (κ2) is 8.15. The summed E-state index contributed by atoms with van der Waals surface area (Å²) in [5.41, 5.74) is 2.31. The molecule has 0 aliphatic heterocycles. The number of aryl methyl sites for hydroxylation is 1. The third-order valence-corrected chi connectivity index (χ3v) is 4.30. The van der Waals surface area contributed by atoms with Gasteiger partial charge in [0.15, 0.2) is 0 Å². The van der Waals surface area contributed by atoms with E-state index in [0.717, 1.165) is 27.4 Å². The van der Waals surface area contributed by atoms with Gasteiger partial charge >= 0.3 is 11.9 Å². The van der Waals surface area contributed by atoms with Crippen molar-refractivity contribution in [2.24, 2.45) is 0 Å². The number of unbranched alkanes of at least 4 members (excludes halogenated alkanes) is 1. The molecule has 0 fully saturated rings. The fourth-order valence-corrected chi connectivity index (χ4v) is 3.18. The van der Waals surface area contributed by atoms with Crippen molar-refractivity contribution in [3.8, 4) is 0 Å². The second-order valence-corrected chi connectivity index (χ2v) is 6.00. The first-order valence-electron chi connectivity index (χ1n) is 7.61. The van der Waals surface area contributed by atoms with E-state index < -0.39 is 0 Å². The molecule has 0 unspecified atom stereocenters. The largest absolute Gasteiger partial charge is 0.469 e. The van der Waals surface area contributed by atoms with Crippen LogP contribution in [0, 0.1) is 0 Å². The van der Waals surface area contributed by atoms with Crippen LogP contribution in [0.4, 0.5) is 0 Å². The van der Waals surface area contributed by atoms with Crippen molar-refractivity contribution in [2.75, 3.05) is 13.7 Å². The molecule has 2 rings (SSSR count). The number of ether oxygens (including phenoxy) is 2. The van der Waals surface area contributed by atoms with Gasteiger partial charge in [0.05, 0.1) is 13.7 Å². The molecule has 0 saturated carbocycles. The number of hydrogen-bond acceptors (Lipinski definition) is 4. The lowest BCUT2D eigenvalue weighted by molar-refractivity contribution is -0.140. The SMILES string of the molecule is CCOC(=O)c1[nH]c2cccc(Br)c2c1CCCCC(=O)OC. The Morgan fingerprint density at radius 1 is 1.26 bits per heavy atom. The van der Waals surface area contributed by atoms with Crippen LogP contribution in [0.5, 0.6) is 0 Å². The van der Waals surface area contributed by atoms with Crippen molar-refractivity contribution in [1.82, 2.24) is 4.98 Å². The number of halogens is 1. The fourth-order valence-electron chi connectivity index (χ4n) is 2.57. The molecule has 0 atom stereocenters. The molecule has 0 aliphatic rings. The smallest absolute Gasteiger partial charge is 0.355 e. The molecule has 124 valence electrons. The number of esters is 2. The Morgan fingerprint density at radius 3 is 2.74 bits per heavy atom. The van der Waals surface area contributed by atoms with Gasteiger partial charge in [-0.05, 0) is 43.9 Å². The lowest BCUT2D eigenvalue weighted by atomic mass is 10.0. The normalized spacial score (nSPS) is 10.7. The van der Waals surface area contributed by atoms with Gasteiger partial charge in [0.25, 0.3) is 0 Å².